The molecule has 0 aromatic heterocycles. The van der Waals surface area contributed by atoms with E-state index >= 15 is 0 Å². The van der Waals surface area contributed by atoms with E-state index < -0.39 is 5.60 Å². The number of amides is 1. The number of fused-ring (bicyclic) bond motifs is 1. The van der Waals surface area contributed by atoms with Crippen molar-refractivity contribution in [2.45, 2.75) is 32.4 Å². The fourth-order valence-corrected chi connectivity index (χ4v) is 1.53. The Morgan fingerprint density at radius 2 is 2.15 bits per heavy atom. The maximum atomic E-state index is 11.4. The van der Waals surface area contributed by atoms with E-state index in [4.69, 9.17) is 4.74 Å². The Morgan fingerprint density at radius 1 is 1.54 bits per heavy atom. The van der Waals surface area contributed by atoms with E-state index in [2.05, 4.69) is 0 Å². The van der Waals surface area contributed by atoms with Gasteiger partial charge in [-0.2, -0.15) is 0 Å². The first-order valence-corrected chi connectivity index (χ1v) is 4.43. The van der Waals surface area contributed by atoms with Crippen LogP contribution in [0.1, 0.15) is 20.8 Å². The standard InChI is InChI=1S/C9H13NO3/c1-9(2,3)13-8(12)10-4-5-6(10)7(5)11/h5-6H,4H2,1-3H3. The quantitative estimate of drug-likeness (QED) is 0.558. The maximum absolute atomic E-state index is 11.4. The lowest BCUT2D eigenvalue weighted by Crippen LogP contribution is -2.46. The highest BCUT2D eigenvalue weighted by Crippen LogP contribution is 2.42. The third kappa shape index (κ3) is 1.30. The second-order valence-electron chi connectivity index (χ2n) is 4.59. The predicted molar refractivity (Wildman–Crippen MR) is 45.2 cm³/mol. The average molecular weight is 183 g/mol. The van der Waals surface area contributed by atoms with Crippen LogP contribution in [0, 0.1) is 5.92 Å². The van der Waals surface area contributed by atoms with Crippen LogP contribution in [0.2, 0.25) is 0 Å². The van der Waals surface area contributed by atoms with Crippen molar-refractivity contribution in [1.29, 1.82) is 0 Å². The normalized spacial score (nSPS) is 30.7. The number of carbonyl (C=O) groups is 2. The first kappa shape index (κ1) is 8.53. The van der Waals surface area contributed by atoms with Gasteiger partial charge in [0.2, 0.25) is 0 Å². The second kappa shape index (κ2) is 2.25. The largest absolute Gasteiger partial charge is 0.444 e. The van der Waals surface area contributed by atoms with Crippen LogP contribution < -0.4 is 0 Å². The molecule has 13 heavy (non-hydrogen) atoms. The molecule has 2 fully saturated rings. The Labute approximate surface area is 76.8 Å². The number of hydrogen-bond acceptors (Lipinski definition) is 3. The molecule has 2 aliphatic rings. The van der Waals surface area contributed by atoms with Crippen LogP contribution >= 0.6 is 0 Å². The summed E-state index contributed by atoms with van der Waals surface area (Å²) in [6.07, 6.45) is -0.361. The van der Waals surface area contributed by atoms with Gasteiger partial charge in [0, 0.05) is 6.54 Å². The molecule has 1 saturated heterocycles. The Kier molecular flexibility index (Phi) is 1.47. The summed E-state index contributed by atoms with van der Waals surface area (Å²) in [5.74, 6) is 0.318. The van der Waals surface area contributed by atoms with Crippen molar-refractivity contribution in [3.05, 3.63) is 0 Å². The summed E-state index contributed by atoms with van der Waals surface area (Å²) in [5.41, 5.74) is -0.472. The number of likely N-dealkylation sites (tertiary alicyclic amines) is 1. The van der Waals surface area contributed by atoms with Gasteiger partial charge in [0.05, 0.1) is 5.92 Å². The SMILES string of the molecule is CC(C)(C)OC(=O)N1CC2C(=O)C21. The Bertz CT molecular complexity index is 279. The number of Topliss-reactive ketones (excluding diaryl/α,β-unsaturated/α-hetero) is 1. The summed E-state index contributed by atoms with van der Waals surface area (Å²) in [4.78, 5) is 23.8. The van der Waals surface area contributed by atoms with Crippen LogP contribution in [0.4, 0.5) is 4.79 Å². The van der Waals surface area contributed by atoms with Crippen molar-refractivity contribution in [3.8, 4) is 0 Å². The number of hydrogen-bond donors (Lipinski definition) is 0. The van der Waals surface area contributed by atoms with Crippen molar-refractivity contribution in [2.75, 3.05) is 6.54 Å². The molecule has 0 radical (unpaired) electrons. The van der Waals surface area contributed by atoms with Crippen molar-refractivity contribution >= 4 is 11.9 Å². The molecule has 2 atom stereocenters. The molecule has 1 aliphatic heterocycles. The molecule has 1 aliphatic carbocycles. The second-order valence-corrected chi connectivity index (χ2v) is 4.59. The fourth-order valence-electron chi connectivity index (χ4n) is 1.53. The molecule has 4 nitrogen and oxygen atoms in total. The minimum atomic E-state index is -0.472. The van der Waals surface area contributed by atoms with Crippen LogP contribution in [0.5, 0.6) is 0 Å². The summed E-state index contributed by atoms with van der Waals surface area (Å²) in [6, 6.07) is -0.144. The van der Waals surface area contributed by atoms with Crippen LogP contribution in [0.3, 0.4) is 0 Å². The van der Waals surface area contributed by atoms with Gasteiger partial charge in [-0.3, -0.25) is 9.69 Å². The zero-order valence-corrected chi connectivity index (χ0v) is 8.03. The average Bonchev–Trinajstić information content (AvgIpc) is 2.24. The van der Waals surface area contributed by atoms with Gasteiger partial charge in [0.1, 0.15) is 11.6 Å². The van der Waals surface area contributed by atoms with Crippen molar-refractivity contribution < 1.29 is 14.3 Å². The third-order valence-electron chi connectivity index (χ3n) is 2.29. The molecule has 2 rings (SSSR count). The number of ketones is 1. The molecule has 0 aromatic rings. The van der Waals surface area contributed by atoms with Gasteiger partial charge >= 0.3 is 6.09 Å². The van der Waals surface area contributed by atoms with Crippen LogP contribution in [0.25, 0.3) is 0 Å². The third-order valence-corrected chi connectivity index (χ3v) is 2.29. The van der Waals surface area contributed by atoms with Crippen molar-refractivity contribution in [2.24, 2.45) is 5.92 Å². The summed E-state index contributed by atoms with van der Waals surface area (Å²) in [5, 5.41) is 0. The lowest BCUT2D eigenvalue weighted by atomic mass is 10.2. The van der Waals surface area contributed by atoms with Gasteiger partial charge in [-0.05, 0) is 20.8 Å². The molecule has 0 spiro atoms. The topological polar surface area (TPSA) is 46.6 Å². The van der Waals surface area contributed by atoms with E-state index in [1.54, 1.807) is 0 Å². The van der Waals surface area contributed by atoms with Gasteiger partial charge in [-0.1, -0.05) is 0 Å². The number of rotatable bonds is 0. The van der Waals surface area contributed by atoms with Gasteiger partial charge < -0.3 is 4.74 Å². The molecule has 2 unspecified atom stereocenters. The number of ether oxygens (including phenoxy) is 1. The summed E-state index contributed by atoms with van der Waals surface area (Å²) in [6.45, 7) is 6.00. The molecular weight excluding hydrogens is 170 g/mol. The van der Waals surface area contributed by atoms with E-state index in [1.807, 2.05) is 20.8 Å². The first-order chi connectivity index (χ1) is 5.90. The molecular formula is C9H13NO3. The number of nitrogens with zero attached hydrogens (tertiary/aromatic N) is 1. The molecule has 1 amide bonds. The van der Waals surface area contributed by atoms with Gasteiger partial charge in [0.15, 0.2) is 5.78 Å². The van der Waals surface area contributed by atoms with Crippen LogP contribution in [-0.4, -0.2) is 35.0 Å². The van der Waals surface area contributed by atoms with Gasteiger partial charge in [0.25, 0.3) is 0 Å². The molecule has 1 heterocycles. The fraction of sp³-hybridized carbons (Fsp3) is 0.778. The minimum Gasteiger partial charge on any atom is -0.444 e. The molecule has 0 aromatic carbocycles. The summed E-state index contributed by atoms with van der Waals surface area (Å²) >= 11 is 0. The highest BCUT2D eigenvalue weighted by Gasteiger charge is 2.64. The molecule has 72 valence electrons. The van der Waals surface area contributed by atoms with Crippen molar-refractivity contribution in [1.82, 2.24) is 4.90 Å². The monoisotopic (exact) mass is 183 g/mol. The molecule has 0 bridgehead atoms. The maximum Gasteiger partial charge on any atom is 0.410 e. The lowest BCUT2D eigenvalue weighted by Gasteiger charge is -2.31. The molecule has 4 heteroatoms. The zero-order valence-electron chi connectivity index (χ0n) is 8.03. The Hall–Kier alpha value is -1.06. The van der Waals surface area contributed by atoms with E-state index in [1.165, 1.54) is 4.90 Å². The minimum absolute atomic E-state index is 0.132. The van der Waals surface area contributed by atoms with Crippen LogP contribution in [0.15, 0.2) is 0 Å². The Morgan fingerprint density at radius 3 is 2.46 bits per heavy atom. The van der Waals surface area contributed by atoms with E-state index in [0.29, 0.717) is 6.54 Å². The van der Waals surface area contributed by atoms with Gasteiger partial charge in [-0.25, -0.2) is 4.79 Å². The zero-order chi connectivity index (χ0) is 9.80. The summed E-state index contributed by atoms with van der Waals surface area (Å²) in [7, 11) is 0. The highest BCUT2D eigenvalue weighted by molar-refractivity contribution is 6.08. The summed E-state index contributed by atoms with van der Waals surface area (Å²) < 4.78 is 5.12. The predicted octanol–water partition coefficient (Wildman–Crippen LogP) is 0.805. The van der Waals surface area contributed by atoms with E-state index in [-0.39, 0.29) is 23.8 Å². The highest BCUT2D eigenvalue weighted by atomic mass is 16.6. The van der Waals surface area contributed by atoms with E-state index in [9.17, 15) is 9.59 Å². The van der Waals surface area contributed by atoms with Crippen LogP contribution in [-0.2, 0) is 9.53 Å². The molecule has 1 saturated carbocycles. The van der Waals surface area contributed by atoms with Crippen molar-refractivity contribution in [3.63, 3.8) is 0 Å². The van der Waals surface area contributed by atoms with E-state index in [0.717, 1.165) is 0 Å². The van der Waals surface area contributed by atoms with Gasteiger partial charge in [-0.15, -0.1) is 0 Å². The number of carbonyl (C=O) groups excluding carboxylic acids is 2. The lowest BCUT2D eigenvalue weighted by molar-refractivity contribution is -0.111. The molecule has 0 N–H and O–H groups in total. The first-order valence-electron chi connectivity index (χ1n) is 4.43. The smallest absolute Gasteiger partial charge is 0.410 e. The Balaban J connectivity index is 1.89.